The fourth-order valence-electron chi connectivity index (χ4n) is 3.23. The van der Waals surface area contributed by atoms with Crippen LogP contribution in [-0.4, -0.2) is 25.0 Å². The van der Waals surface area contributed by atoms with Gasteiger partial charge in [0.05, 0.1) is 0 Å². The SMILES string of the molecule is CC1CCNCC1NC(=O)C1Cc2ccccc2C1. The lowest BCUT2D eigenvalue weighted by atomic mass is 9.94. The van der Waals surface area contributed by atoms with Crippen LogP contribution in [0.25, 0.3) is 0 Å². The molecular formula is C16H22N2O. The normalized spacial score (nSPS) is 27.0. The van der Waals surface area contributed by atoms with E-state index >= 15 is 0 Å². The first-order valence-electron chi connectivity index (χ1n) is 7.32. The van der Waals surface area contributed by atoms with Crippen molar-refractivity contribution in [3.8, 4) is 0 Å². The molecule has 1 aromatic rings. The highest BCUT2D eigenvalue weighted by atomic mass is 16.2. The van der Waals surface area contributed by atoms with Crippen LogP contribution in [0.2, 0.25) is 0 Å². The van der Waals surface area contributed by atoms with E-state index in [1.807, 2.05) is 0 Å². The van der Waals surface area contributed by atoms with Gasteiger partial charge in [0, 0.05) is 18.5 Å². The van der Waals surface area contributed by atoms with E-state index in [1.165, 1.54) is 11.1 Å². The van der Waals surface area contributed by atoms with E-state index < -0.39 is 0 Å². The predicted octanol–water partition coefficient (Wildman–Crippen LogP) is 1.52. The molecule has 2 N–H and O–H groups in total. The zero-order valence-corrected chi connectivity index (χ0v) is 11.5. The molecule has 2 unspecified atom stereocenters. The van der Waals surface area contributed by atoms with Crippen molar-refractivity contribution in [3.05, 3.63) is 35.4 Å². The lowest BCUT2D eigenvalue weighted by Crippen LogP contribution is -2.51. The molecule has 0 spiro atoms. The summed E-state index contributed by atoms with van der Waals surface area (Å²) in [7, 11) is 0. The zero-order valence-electron chi connectivity index (χ0n) is 11.5. The van der Waals surface area contributed by atoms with E-state index in [0.29, 0.717) is 12.0 Å². The zero-order chi connectivity index (χ0) is 13.2. The monoisotopic (exact) mass is 258 g/mol. The van der Waals surface area contributed by atoms with Crippen molar-refractivity contribution in [1.82, 2.24) is 10.6 Å². The second kappa shape index (κ2) is 5.33. The molecule has 19 heavy (non-hydrogen) atoms. The highest BCUT2D eigenvalue weighted by molar-refractivity contribution is 5.80. The maximum absolute atomic E-state index is 12.4. The van der Waals surface area contributed by atoms with E-state index in [2.05, 4.69) is 41.8 Å². The van der Waals surface area contributed by atoms with Crippen LogP contribution in [0.4, 0.5) is 0 Å². The lowest BCUT2D eigenvalue weighted by Gasteiger charge is -2.31. The standard InChI is InChI=1S/C16H22N2O/c1-11-6-7-17-10-15(11)18-16(19)14-8-12-4-2-3-5-13(12)9-14/h2-5,11,14-15,17H,6-10H2,1H3,(H,18,19). The molecule has 0 aromatic heterocycles. The number of carbonyl (C=O) groups is 1. The van der Waals surface area contributed by atoms with Crippen LogP contribution in [0.1, 0.15) is 24.5 Å². The third-order valence-corrected chi connectivity index (χ3v) is 4.58. The Bertz CT molecular complexity index is 447. The minimum atomic E-state index is 0.131. The number of piperidine rings is 1. The summed E-state index contributed by atoms with van der Waals surface area (Å²) in [6, 6.07) is 8.71. The molecule has 3 heteroatoms. The average Bonchev–Trinajstić information content (AvgIpc) is 2.85. The molecule has 2 aliphatic rings. The Kier molecular flexibility index (Phi) is 3.56. The van der Waals surface area contributed by atoms with Crippen molar-refractivity contribution in [3.63, 3.8) is 0 Å². The molecule has 1 saturated heterocycles. The molecule has 2 atom stereocenters. The molecular weight excluding hydrogens is 236 g/mol. The molecule has 3 rings (SSSR count). The van der Waals surface area contributed by atoms with Crippen LogP contribution in [-0.2, 0) is 17.6 Å². The van der Waals surface area contributed by atoms with E-state index in [4.69, 9.17) is 0 Å². The van der Waals surface area contributed by atoms with Crippen LogP contribution in [0.5, 0.6) is 0 Å². The van der Waals surface area contributed by atoms with Crippen molar-refractivity contribution in [2.45, 2.75) is 32.2 Å². The molecule has 1 aliphatic heterocycles. The van der Waals surface area contributed by atoms with E-state index in [9.17, 15) is 4.79 Å². The van der Waals surface area contributed by atoms with Gasteiger partial charge in [-0.3, -0.25) is 4.79 Å². The summed E-state index contributed by atoms with van der Waals surface area (Å²) in [5.74, 6) is 0.942. The Balaban J connectivity index is 1.60. The Morgan fingerprint density at radius 2 is 1.95 bits per heavy atom. The summed E-state index contributed by atoms with van der Waals surface area (Å²) in [5, 5.41) is 6.61. The smallest absolute Gasteiger partial charge is 0.224 e. The number of hydrogen-bond acceptors (Lipinski definition) is 2. The summed E-state index contributed by atoms with van der Waals surface area (Å²) < 4.78 is 0. The van der Waals surface area contributed by atoms with E-state index in [-0.39, 0.29) is 11.8 Å². The second-order valence-corrected chi connectivity index (χ2v) is 5.96. The minimum Gasteiger partial charge on any atom is -0.352 e. The van der Waals surface area contributed by atoms with Crippen LogP contribution in [0.15, 0.2) is 24.3 Å². The first-order chi connectivity index (χ1) is 9.24. The molecule has 1 aliphatic carbocycles. The van der Waals surface area contributed by atoms with Gasteiger partial charge >= 0.3 is 0 Å². The maximum atomic E-state index is 12.4. The van der Waals surface area contributed by atoms with Crippen LogP contribution in [0, 0.1) is 11.8 Å². The average molecular weight is 258 g/mol. The number of benzene rings is 1. The van der Waals surface area contributed by atoms with Crippen LogP contribution in [0.3, 0.4) is 0 Å². The first-order valence-corrected chi connectivity index (χ1v) is 7.32. The third-order valence-electron chi connectivity index (χ3n) is 4.58. The van der Waals surface area contributed by atoms with Gasteiger partial charge in [-0.2, -0.15) is 0 Å². The van der Waals surface area contributed by atoms with Gasteiger partial charge in [0.15, 0.2) is 0 Å². The van der Waals surface area contributed by atoms with Crippen LogP contribution < -0.4 is 10.6 Å². The molecule has 0 radical (unpaired) electrons. The van der Waals surface area contributed by atoms with Crippen molar-refractivity contribution >= 4 is 5.91 Å². The number of hydrogen-bond donors (Lipinski definition) is 2. The summed E-state index contributed by atoms with van der Waals surface area (Å²) in [6.45, 7) is 4.21. The highest BCUT2D eigenvalue weighted by Gasteiger charge is 2.30. The second-order valence-electron chi connectivity index (χ2n) is 5.96. The van der Waals surface area contributed by atoms with Crippen LogP contribution >= 0.6 is 0 Å². The summed E-state index contributed by atoms with van der Waals surface area (Å²) in [6.07, 6.45) is 2.95. The quantitative estimate of drug-likeness (QED) is 0.844. The van der Waals surface area contributed by atoms with Gasteiger partial charge in [0.2, 0.25) is 5.91 Å². The molecule has 0 bridgehead atoms. The molecule has 0 saturated carbocycles. The lowest BCUT2D eigenvalue weighted by molar-refractivity contribution is -0.125. The first kappa shape index (κ1) is 12.7. The predicted molar refractivity (Wildman–Crippen MR) is 75.9 cm³/mol. The van der Waals surface area contributed by atoms with Crippen molar-refractivity contribution < 1.29 is 4.79 Å². The molecule has 1 heterocycles. The van der Waals surface area contributed by atoms with Gasteiger partial charge in [-0.1, -0.05) is 31.2 Å². The minimum absolute atomic E-state index is 0.131. The molecule has 1 amide bonds. The Morgan fingerprint density at radius 1 is 1.26 bits per heavy atom. The number of rotatable bonds is 2. The highest BCUT2D eigenvalue weighted by Crippen LogP contribution is 2.26. The Labute approximate surface area is 114 Å². The van der Waals surface area contributed by atoms with Gasteiger partial charge in [0.1, 0.15) is 0 Å². The molecule has 1 fully saturated rings. The largest absolute Gasteiger partial charge is 0.352 e. The van der Waals surface area contributed by atoms with Gasteiger partial charge in [0.25, 0.3) is 0 Å². The van der Waals surface area contributed by atoms with Gasteiger partial charge in [-0.05, 0) is 42.9 Å². The molecule has 1 aromatic carbocycles. The summed E-state index contributed by atoms with van der Waals surface area (Å²) in [4.78, 5) is 12.4. The number of carbonyl (C=O) groups excluding carboxylic acids is 1. The van der Waals surface area contributed by atoms with Gasteiger partial charge in [-0.25, -0.2) is 0 Å². The van der Waals surface area contributed by atoms with E-state index in [1.54, 1.807) is 0 Å². The topological polar surface area (TPSA) is 41.1 Å². The fraction of sp³-hybridized carbons (Fsp3) is 0.562. The molecule has 102 valence electrons. The van der Waals surface area contributed by atoms with Gasteiger partial charge < -0.3 is 10.6 Å². The maximum Gasteiger partial charge on any atom is 0.224 e. The third kappa shape index (κ3) is 2.66. The molecule has 3 nitrogen and oxygen atoms in total. The van der Waals surface area contributed by atoms with E-state index in [0.717, 1.165) is 32.4 Å². The fourth-order valence-corrected chi connectivity index (χ4v) is 3.23. The number of nitrogens with one attached hydrogen (secondary N) is 2. The number of amides is 1. The Hall–Kier alpha value is -1.35. The van der Waals surface area contributed by atoms with Gasteiger partial charge in [-0.15, -0.1) is 0 Å². The van der Waals surface area contributed by atoms with Crippen molar-refractivity contribution in [1.29, 1.82) is 0 Å². The van der Waals surface area contributed by atoms with Crippen molar-refractivity contribution in [2.24, 2.45) is 11.8 Å². The number of fused-ring (bicyclic) bond motifs is 1. The van der Waals surface area contributed by atoms with Crippen molar-refractivity contribution in [2.75, 3.05) is 13.1 Å². The summed E-state index contributed by atoms with van der Waals surface area (Å²) >= 11 is 0. The summed E-state index contributed by atoms with van der Waals surface area (Å²) in [5.41, 5.74) is 2.69. The Morgan fingerprint density at radius 3 is 2.58 bits per heavy atom.